The van der Waals surface area contributed by atoms with Crippen LogP contribution in [-0.4, -0.2) is 24.5 Å². The summed E-state index contributed by atoms with van der Waals surface area (Å²) < 4.78 is 4.29. The van der Waals surface area contributed by atoms with Gasteiger partial charge >= 0.3 is 5.97 Å². The van der Waals surface area contributed by atoms with Crippen LogP contribution in [0.5, 0.6) is 0 Å². The van der Waals surface area contributed by atoms with Gasteiger partial charge in [0.2, 0.25) is 0 Å². The summed E-state index contributed by atoms with van der Waals surface area (Å²) in [5, 5.41) is 7.88. The number of aldehydes is 1. The third-order valence-electron chi connectivity index (χ3n) is 1.66. The zero-order valence-electron chi connectivity index (χ0n) is 9.21. The Morgan fingerprint density at radius 1 is 1.38 bits per heavy atom. The Kier molecular flexibility index (Phi) is 7.15. The predicted octanol–water partition coefficient (Wildman–Crippen LogP) is 2.04. The molecule has 0 unspecified atom stereocenters. The molecular weight excluding hydrogens is 208 g/mol. The van der Waals surface area contributed by atoms with Crippen LogP contribution in [0.1, 0.15) is 15.9 Å². The van der Waals surface area contributed by atoms with Gasteiger partial charge in [-0.1, -0.05) is 24.3 Å². The van der Waals surface area contributed by atoms with E-state index < -0.39 is 5.97 Å². The van der Waals surface area contributed by atoms with Gasteiger partial charge < -0.3 is 9.84 Å². The normalized spacial score (nSPS) is 9.12. The van der Waals surface area contributed by atoms with Crippen LogP contribution < -0.4 is 0 Å². The lowest BCUT2D eigenvalue weighted by atomic mass is 10.1. The second kappa shape index (κ2) is 8.23. The third-order valence-corrected chi connectivity index (χ3v) is 1.66. The van der Waals surface area contributed by atoms with Crippen LogP contribution in [0.4, 0.5) is 0 Å². The molecule has 1 aromatic rings. The first-order valence-corrected chi connectivity index (χ1v) is 4.55. The number of carboxylic acid groups (broad SMARTS) is 1. The zero-order valence-corrected chi connectivity index (χ0v) is 9.21. The van der Waals surface area contributed by atoms with Crippen LogP contribution in [0.3, 0.4) is 0 Å². The number of methoxy groups -OCH3 is 1. The van der Waals surface area contributed by atoms with E-state index in [1.807, 2.05) is 31.2 Å². The smallest absolute Gasteiger partial charge is 0.331 e. The van der Waals surface area contributed by atoms with Crippen molar-refractivity contribution < 1.29 is 19.4 Å². The number of aliphatic carboxylic acids is 1. The molecule has 0 fully saturated rings. The van der Waals surface area contributed by atoms with Crippen molar-refractivity contribution in [3.05, 3.63) is 47.7 Å². The molecule has 0 radical (unpaired) electrons. The lowest BCUT2D eigenvalue weighted by molar-refractivity contribution is -0.131. The van der Waals surface area contributed by atoms with Crippen LogP contribution in [-0.2, 0) is 9.53 Å². The van der Waals surface area contributed by atoms with E-state index in [4.69, 9.17) is 5.11 Å². The van der Waals surface area contributed by atoms with Crippen molar-refractivity contribution in [1.29, 1.82) is 0 Å². The largest absolute Gasteiger partial charge is 0.504 e. The Morgan fingerprint density at radius 3 is 2.31 bits per heavy atom. The summed E-state index contributed by atoms with van der Waals surface area (Å²) in [5.74, 6) is -0.998. The fourth-order valence-corrected chi connectivity index (χ4v) is 0.845. The van der Waals surface area contributed by atoms with Gasteiger partial charge in [-0.3, -0.25) is 4.79 Å². The first-order valence-electron chi connectivity index (χ1n) is 4.55. The number of carbonyl (C=O) groups excluding carboxylic acids is 1. The standard InChI is InChI=1S/C8H8O.C4H6O3/c1-7-4-2-3-5-8(7)6-9;1-7-3-2-4(5)6/h2-6H,1H3;2-3H,1H3,(H,5,6). The molecular formula is C12H14O4. The van der Waals surface area contributed by atoms with E-state index in [9.17, 15) is 9.59 Å². The minimum atomic E-state index is -0.998. The molecule has 0 bridgehead atoms. The van der Waals surface area contributed by atoms with Gasteiger partial charge in [0.1, 0.15) is 6.29 Å². The average molecular weight is 222 g/mol. The van der Waals surface area contributed by atoms with E-state index >= 15 is 0 Å². The van der Waals surface area contributed by atoms with Gasteiger partial charge in [-0.15, -0.1) is 0 Å². The second-order valence-corrected chi connectivity index (χ2v) is 2.85. The molecule has 0 atom stereocenters. The molecule has 0 aromatic heterocycles. The Bertz CT molecular complexity index is 369. The Labute approximate surface area is 94.2 Å². The molecule has 16 heavy (non-hydrogen) atoms. The number of rotatable bonds is 3. The monoisotopic (exact) mass is 222 g/mol. The zero-order chi connectivity index (χ0) is 12.4. The van der Waals surface area contributed by atoms with E-state index in [2.05, 4.69) is 4.74 Å². The van der Waals surface area contributed by atoms with Gasteiger partial charge in [0.15, 0.2) is 0 Å². The van der Waals surface area contributed by atoms with E-state index in [0.717, 1.165) is 29.8 Å². The molecule has 0 amide bonds. The number of carbonyl (C=O) groups is 2. The van der Waals surface area contributed by atoms with Gasteiger partial charge in [-0.2, -0.15) is 0 Å². The summed E-state index contributed by atoms with van der Waals surface area (Å²) >= 11 is 0. The molecule has 1 aromatic carbocycles. The SMILES string of the molecule is COC=CC(=O)O.Cc1ccccc1C=O. The van der Waals surface area contributed by atoms with Crippen LogP contribution >= 0.6 is 0 Å². The highest BCUT2D eigenvalue weighted by Crippen LogP contribution is 2.02. The van der Waals surface area contributed by atoms with Crippen molar-refractivity contribution in [3.8, 4) is 0 Å². The summed E-state index contributed by atoms with van der Waals surface area (Å²) in [6, 6.07) is 7.51. The van der Waals surface area contributed by atoms with Gasteiger partial charge in [-0.05, 0) is 12.5 Å². The highest BCUT2D eigenvalue weighted by atomic mass is 16.5. The molecule has 4 nitrogen and oxygen atoms in total. The number of hydrogen-bond donors (Lipinski definition) is 1. The average Bonchev–Trinajstić information content (AvgIpc) is 2.28. The van der Waals surface area contributed by atoms with E-state index in [1.165, 1.54) is 7.11 Å². The predicted molar refractivity (Wildman–Crippen MR) is 60.4 cm³/mol. The molecule has 0 aliphatic carbocycles. The Balaban J connectivity index is 0.000000293. The second-order valence-electron chi connectivity index (χ2n) is 2.85. The summed E-state index contributed by atoms with van der Waals surface area (Å²) in [6.07, 6.45) is 2.89. The molecule has 0 saturated carbocycles. The van der Waals surface area contributed by atoms with Crippen LogP contribution in [0.2, 0.25) is 0 Å². The third kappa shape index (κ3) is 6.37. The van der Waals surface area contributed by atoms with Crippen LogP contribution in [0.15, 0.2) is 36.6 Å². The Hall–Kier alpha value is -2.10. The maximum atomic E-state index is 10.2. The fourth-order valence-electron chi connectivity index (χ4n) is 0.845. The van der Waals surface area contributed by atoms with E-state index in [0.29, 0.717) is 0 Å². The quantitative estimate of drug-likeness (QED) is 0.483. The number of ether oxygens (including phenoxy) is 1. The highest BCUT2D eigenvalue weighted by molar-refractivity contribution is 5.79. The lowest BCUT2D eigenvalue weighted by Gasteiger charge is -1.92. The van der Waals surface area contributed by atoms with E-state index in [-0.39, 0.29) is 0 Å². The molecule has 0 saturated heterocycles. The minimum Gasteiger partial charge on any atom is -0.504 e. The Morgan fingerprint density at radius 2 is 2.00 bits per heavy atom. The molecule has 0 spiro atoms. The summed E-state index contributed by atoms with van der Waals surface area (Å²) in [5.41, 5.74) is 1.81. The van der Waals surface area contributed by atoms with Crippen molar-refractivity contribution >= 4 is 12.3 Å². The summed E-state index contributed by atoms with van der Waals surface area (Å²) in [7, 11) is 1.39. The minimum absolute atomic E-state index is 0.775. The highest BCUT2D eigenvalue weighted by Gasteiger charge is 1.90. The van der Waals surface area contributed by atoms with E-state index in [1.54, 1.807) is 0 Å². The molecule has 1 N–H and O–H groups in total. The first kappa shape index (κ1) is 13.9. The molecule has 0 aliphatic rings. The number of benzene rings is 1. The maximum Gasteiger partial charge on any atom is 0.331 e. The maximum absolute atomic E-state index is 10.2. The number of aryl methyl sites for hydroxylation is 1. The molecule has 0 aliphatic heterocycles. The van der Waals surface area contributed by atoms with Crippen molar-refractivity contribution in [3.63, 3.8) is 0 Å². The fraction of sp³-hybridized carbons (Fsp3) is 0.167. The van der Waals surface area contributed by atoms with Crippen molar-refractivity contribution in [1.82, 2.24) is 0 Å². The number of carboxylic acids is 1. The van der Waals surface area contributed by atoms with Gasteiger partial charge in [-0.25, -0.2) is 4.79 Å². The van der Waals surface area contributed by atoms with Gasteiger partial charge in [0.25, 0.3) is 0 Å². The molecule has 0 heterocycles. The van der Waals surface area contributed by atoms with Gasteiger partial charge in [0.05, 0.1) is 19.4 Å². The van der Waals surface area contributed by atoms with Crippen molar-refractivity contribution in [2.75, 3.05) is 7.11 Å². The van der Waals surface area contributed by atoms with Crippen LogP contribution in [0, 0.1) is 6.92 Å². The first-order chi connectivity index (χ1) is 7.61. The summed E-state index contributed by atoms with van der Waals surface area (Å²) in [4.78, 5) is 19.8. The van der Waals surface area contributed by atoms with Crippen molar-refractivity contribution in [2.24, 2.45) is 0 Å². The lowest BCUT2D eigenvalue weighted by Crippen LogP contribution is -1.85. The molecule has 86 valence electrons. The summed E-state index contributed by atoms with van der Waals surface area (Å²) in [6.45, 7) is 1.92. The van der Waals surface area contributed by atoms with Crippen molar-refractivity contribution in [2.45, 2.75) is 6.92 Å². The topological polar surface area (TPSA) is 63.6 Å². The molecule has 1 rings (SSSR count). The van der Waals surface area contributed by atoms with Crippen LogP contribution in [0.25, 0.3) is 0 Å². The molecule has 4 heteroatoms. The van der Waals surface area contributed by atoms with Gasteiger partial charge in [0, 0.05) is 5.56 Å². The number of hydrogen-bond acceptors (Lipinski definition) is 3.